The van der Waals surface area contributed by atoms with Crippen LogP contribution in [0.3, 0.4) is 0 Å². The molecule has 3 N–H and O–H groups in total. The summed E-state index contributed by atoms with van der Waals surface area (Å²) in [4.78, 5) is 6.35. The number of nitrogens with one attached hydrogen (secondary N) is 1. The molecule has 5 nitrogen and oxygen atoms in total. The molecule has 6 heteroatoms. The van der Waals surface area contributed by atoms with Crippen LogP contribution >= 0.6 is 0 Å². The summed E-state index contributed by atoms with van der Waals surface area (Å²) in [6.45, 7) is 3.18. The van der Waals surface area contributed by atoms with Crippen molar-refractivity contribution in [3.63, 3.8) is 0 Å². The molecule has 1 unspecified atom stereocenters. The Hall–Kier alpha value is -1.66. The molecular formula is C13H19FN4O. The van der Waals surface area contributed by atoms with Crippen molar-refractivity contribution in [1.29, 1.82) is 0 Å². The predicted octanol–water partition coefficient (Wildman–Crippen LogP) is 1.04. The van der Waals surface area contributed by atoms with Gasteiger partial charge in [-0.05, 0) is 31.0 Å². The molecule has 0 fully saturated rings. The minimum Gasteiger partial charge on any atom is -0.382 e. The summed E-state index contributed by atoms with van der Waals surface area (Å²) in [6, 6.07) is 4.77. The number of hydrogen-bond acceptors (Lipinski definition) is 3. The first-order valence-corrected chi connectivity index (χ1v) is 6.25. The van der Waals surface area contributed by atoms with E-state index in [0.717, 1.165) is 24.2 Å². The molecule has 1 aromatic rings. The summed E-state index contributed by atoms with van der Waals surface area (Å²) in [5.41, 5.74) is 4.51. The summed E-state index contributed by atoms with van der Waals surface area (Å²) < 4.78 is 18.4. The largest absolute Gasteiger partial charge is 0.382 e. The molecule has 0 amide bonds. The van der Waals surface area contributed by atoms with E-state index in [1.807, 2.05) is 11.8 Å². The lowest BCUT2D eigenvalue weighted by Crippen LogP contribution is -2.45. The molecule has 1 aromatic carbocycles. The minimum absolute atomic E-state index is 0.0198. The zero-order valence-corrected chi connectivity index (χ0v) is 11.2. The maximum Gasteiger partial charge on any atom is 0.213 e. The topological polar surface area (TPSA) is 62.9 Å². The highest BCUT2D eigenvalue weighted by Gasteiger charge is 2.23. The van der Waals surface area contributed by atoms with Crippen LogP contribution in [-0.4, -0.2) is 32.3 Å². The normalized spacial score (nSPS) is 16.4. The van der Waals surface area contributed by atoms with Gasteiger partial charge in [-0.1, -0.05) is 6.07 Å². The van der Waals surface area contributed by atoms with Gasteiger partial charge in [0.25, 0.3) is 0 Å². The zero-order valence-electron chi connectivity index (χ0n) is 11.2. The van der Waals surface area contributed by atoms with Crippen molar-refractivity contribution in [2.75, 3.05) is 25.2 Å². The molecular weight excluding hydrogens is 247 g/mol. The first-order valence-electron chi connectivity index (χ1n) is 6.25. The van der Waals surface area contributed by atoms with Gasteiger partial charge >= 0.3 is 0 Å². The number of halogens is 1. The molecule has 1 atom stereocenters. The Balaban J connectivity index is 2.25. The number of nitrogens with two attached hydrogens (primary N) is 1. The second-order valence-corrected chi connectivity index (χ2v) is 4.58. The van der Waals surface area contributed by atoms with E-state index >= 15 is 0 Å². The van der Waals surface area contributed by atoms with Crippen LogP contribution in [0.5, 0.6) is 0 Å². The Morgan fingerprint density at radius 1 is 1.63 bits per heavy atom. The Morgan fingerprint density at radius 3 is 3.11 bits per heavy atom. The molecule has 0 saturated heterocycles. The number of hydrazine groups is 1. The van der Waals surface area contributed by atoms with E-state index in [9.17, 15) is 4.39 Å². The van der Waals surface area contributed by atoms with E-state index in [1.165, 1.54) is 12.1 Å². The molecule has 1 aliphatic rings. The maximum atomic E-state index is 13.3. The van der Waals surface area contributed by atoms with Crippen LogP contribution in [0, 0.1) is 5.82 Å². The summed E-state index contributed by atoms with van der Waals surface area (Å²) in [6.07, 6.45) is 0.856. The number of benzene rings is 1. The highest BCUT2D eigenvalue weighted by molar-refractivity contribution is 5.97. The molecule has 0 radical (unpaired) electrons. The van der Waals surface area contributed by atoms with E-state index < -0.39 is 0 Å². The fourth-order valence-corrected chi connectivity index (χ4v) is 2.24. The van der Waals surface area contributed by atoms with Gasteiger partial charge in [-0.15, -0.1) is 0 Å². The van der Waals surface area contributed by atoms with E-state index in [1.54, 1.807) is 13.2 Å². The van der Waals surface area contributed by atoms with Crippen molar-refractivity contribution in [3.05, 3.63) is 29.6 Å². The van der Waals surface area contributed by atoms with Gasteiger partial charge in [0.15, 0.2) is 0 Å². The van der Waals surface area contributed by atoms with Crippen LogP contribution in [0.2, 0.25) is 0 Å². The molecule has 1 aliphatic heterocycles. The van der Waals surface area contributed by atoms with Crippen LogP contribution in [0.1, 0.15) is 12.5 Å². The first kappa shape index (κ1) is 13.8. The van der Waals surface area contributed by atoms with E-state index in [-0.39, 0.29) is 11.9 Å². The van der Waals surface area contributed by atoms with E-state index in [4.69, 9.17) is 10.6 Å². The highest BCUT2D eigenvalue weighted by Crippen LogP contribution is 2.28. The number of nitrogens with zero attached hydrogens (tertiary/aromatic N) is 2. The number of ether oxygens (including phenoxy) is 1. The third-order valence-electron chi connectivity index (χ3n) is 3.08. The molecule has 104 valence electrons. The van der Waals surface area contributed by atoms with Crippen molar-refractivity contribution in [2.45, 2.75) is 19.4 Å². The van der Waals surface area contributed by atoms with Gasteiger partial charge in [0.05, 0.1) is 12.6 Å². The fourth-order valence-electron chi connectivity index (χ4n) is 2.24. The number of guanidine groups is 1. The molecule has 0 bridgehead atoms. The van der Waals surface area contributed by atoms with Crippen LogP contribution in [0.4, 0.5) is 10.1 Å². The summed E-state index contributed by atoms with van der Waals surface area (Å²) in [7, 11) is 1.63. The van der Waals surface area contributed by atoms with E-state index in [0.29, 0.717) is 12.6 Å². The summed E-state index contributed by atoms with van der Waals surface area (Å²) >= 11 is 0. The summed E-state index contributed by atoms with van der Waals surface area (Å²) in [5, 5.41) is 0. The van der Waals surface area contributed by atoms with Crippen LogP contribution in [0.15, 0.2) is 23.2 Å². The van der Waals surface area contributed by atoms with Crippen molar-refractivity contribution in [1.82, 2.24) is 5.43 Å². The van der Waals surface area contributed by atoms with Gasteiger partial charge < -0.3 is 9.64 Å². The minimum atomic E-state index is -0.257. The molecule has 1 heterocycles. The molecule has 0 aliphatic carbocycles. The molecule has 2 rings (SSSR count). The molecule has 19 heavy (non-hydrogen) atoms. The molecule has 0 aromatic heterocycles. The highest BCUT2D eigenvalue weighted by atomic mass is 19.1. The van der Waals surface area contributed by atoms with Gasteiger partial charge in [0, 0.05) is 19.3 Å². The van der Waals surface area contributed by atoms with Gasteiger partial charge in [-0.2, -0.15) is 0 Å². The Labute approximate surface area is 112 Å². The van der Waals surface area contributed by atoms with Gasteiger partial charge in [0.1, 0.15) is 5.82 Å². The second kappa shape index (κ2) is 5.99. The zero-order chi connectivity index (χ0) is 13.8. The van der Waals surface area contributed by atoms with Crippen molar-refractivity contribution < 1.29 is 9.13 Å². The van der Waals surface area contributed by atoms with Gasteiger partial charge in [-0.3, -0.25) is 5.43 Å². The first-order chi connectivity index (χ1) is 9.15. The molecule has 0 saturated carbocycles. The van der Waals surface area contributed by atoms with Crippen LogP contribution in [0.25, 0.3) is 0 Å². The Morgan fingerprint density at radius 2 is 2.42 bits per heavy atom. The second-order valence-electron chi connectivity index (χ2n) is 4.58. The lowest BCUT2D eigenvalue weighted by atomic mass is 10.2. The fraction of sp³-hybridized carbons (Fsp3) is 0.462. The average Bonchev–Trinajstić information content (AvgIpc) is 2.79. The number of fused-ring (bicyclic) bond motifs is 1. The number of anilines is 1. The monoisotopic (exact) mass is 266 g/mol. The van der Waals surface area contributed by atoms with E-state index in [2.05, 4.69) is 10.4 Å². The van der Waals surface area contributed by atoms with Gasteiger partial charge in [-0.25, -0.2) is 15.2 Å². The lowest BCUT2D eigenvalue weighted by molar-refractivity contribution is 0.185. The number of rotatable bonds is 3. The van der Waals surface area contributed by atoms with Crippen molar-refractivity contribution in [3.8, 4) is 0 Å². The maximum absolute atomic E-state index is 13.3. The SMILES string of the molecule is COCC(C)N=C(NN)N1CCc2ccc(F)cc21. The number of aliphatic imine (C=N–C) groups is 1. The van der Waals surface area contributed by atoms with Crippen LogP contribution < -0.4 is 16.2 Å². The average molecular weight is 266 g/mol. The van der Waals surface area contributed by atoms with Crippen molar-refractivity contribution in [2.24, 2.45) is 10.8 Å². The quantitative estimate of drug-likeness (QED) is 0.371. The standard InChI is InChI=1S/C13H19FN4O/c1-9(8-19-2)16-13(17-15)18-6-5-10-3-4-11(14)7-12(10)18/h3-4,7,9H,5-6,8,15H2,1-2H3,(H,16,17). The lowest BCUT2D eigenvalue weighted by Gasteiger charge is -2.22. The summed E-state index contributed by atoms with van der Waals surface area (Å²) in [5.74, 6) is 5.81. The molecule has 0 spiro atoms. The Kier molecular flexibility index (Phi) is 4.34. The third kappa shape index (κ3) is 3.02. The number of methoxy groups -OCH3 is 1. The number of hydrogen-bond donors (Lipinski definition) is 2. The predicted molar refractivity (Wildman–Crippen MR) is 73.5 cm³/mol. The van der Waals surface area contributed by atoms with Crippen molar-refractivity contribution >= 4 is 11.6 Å². The van der Waals surface area contributed by atoms with Crippen LogP contribution in [-0.2, 0) is 11.2 Å². The smallest absolute Gasteiger partial charge is 0.213 e. The third-order valence-corrected chi connectivity index (χ3v) is 3.08. The Bertz CT molecular complexity index is 478. The van der Waals surface area contributed by atoms with Gasteiger partial charge in [0.2, 0.25) is 5.96 Å².